The van der Waals surface area contributed by atoms with Crippen molar-refractivity contribution in [1.82, 2.24) is 0 Å². The van der Waals surface area contributed by atoms with Crippen LogP contribution in [0, 0.1) is 20.8 Å². The summed E-state index contributed by atoms with van der Waals surface area (Å²) in [6.45, 7) is 7.80. The van der Waals surface area contributed by atoms with Gasteiger partial charge in [0.2, 0.25) is 0 Å². The van der Waals surface area contributed by atoms with Crippen LogP contribution in [0.15, 0.2) is 12.1 Å². The van der Waals surface area contributed by atoms with Crippen LogP contribution >= 0.6 is 15.9 Å². The molecule has 0 aliphatic carbocycles. The molecule has 0 aliphatic rings. The quantitative estimate of drug-likeness (QED) is 0.737. The molecule has 0 aliphatic heterocycles. The number of halogens is 1. The highest BCUT2D eigenvalue weighted by Crippen LogP contribution is 2.28. The summed E-state index contributed by atoms with van der Waals surface area (Å²) < 4.78 is 0. The van der Waals surface area contributed by atoms with Crippen molar-refractivity contribution in [3.8, 4) is 0 Å². The highest BCUT2D eigenvalue weighted by molar-refractivity contribution is 9.09. The molecule has 1 rings (SSSR count). The maximum Gasteiger partial charge on any atom is 0.147 e. The number of Topliss-reactive ketones (excluding diaryl/α,β-unsaturated/α-hetero) is 1. The van der Waals surface area contributed by atoms with E-state index in [9.17, 15) is 4.79 Å². The number of alkyl halides is 1. The summed E-state index contributed by atoms with van der Waals surface area (Å²) in [5.74, 6) is 0.149. The Labute approximate surface area is 93.7 Å². The highest BCUT2D eigenvalue weighted by Gasteiger charge is 2.15. The monoisotopic (exact) mass is 254 g/mol. The van der Waals surface area contributed by atoms with Crippen LogP contribution in [0.2, 0.25) is 0 Å². The lowest BCUT2D eigenvalue weighted by Crippen LogP contribution is -2.04. The number of rotatable bonds is 2. The van der Waals surface area contributed by atoms with E-state index in [1.165, 1.54) is 16.7 Å². The average molecular weight is 255 g/mol. The summed E-state index contributed by atoms with van der Waals surface area (Å²) >= 11 is 3.41. The van der Waals surface area contributed by atoms with Gasteiger partial charge in [-0.1, -0.05) is 28.1 Å². The van der Waals surface area contributed by atoms with E-state index in [-0.39, 0.29) is 10.6 Å². The molecule has 0 N–H and O–H groups in total. The second-order valence-corrected chi connectivity index (χ2v) is 4.68. The highest BCUT2D eigenvalue weighted by atomic mass is 79.9. The van der Waals surface area contributed by atoms with Crippen LogP contribution in [0.3, 0.4) is 0 Å². The minimum absolute atomic E-state index is 0.149. The molecule has 0 saturated heterocycles. The molecule has 1 nitrogen and oxygen atoms in total. The first-order chi connectivity index (χ1) is 6.43. The fourth-order valence-electron chi connectivity index (χ4n) is 1.47. The van der Waals surface area contributed by atoms with Crippen molar-refractivity contribution in [2.45, 2.75) is 32.5 Å². The van der Waals surface area contributed by atoms with E-state index in [1.54, 1.807) is 6.92 Å². The largest absolute Gasteiger partial charge is 0.298 e. The van der Waals surface area contributed by atoms with Gasteiger partial charge >= 0.3 is 0 Å². The van der Waals surface area contributed by atoms with E-state index in [0.717, 1.165) is 5.56 Å². The molecule has 0 bridgehead atoms. The van der Waals surface area contributed by atoms with Crippen LogP contribution in [0.4, 0.5) is 0 Å². The number of ketones is 1. The Morgan fingerprint density at radius 3 is 2.14 bits per heavy atom. The second kappa shape index (κ2) is 4.26. The van der Waals surface area contributed by atoms with Crippen LogP contribution in [-0.2, 0) is 4.79 Å². The summed E-state index contributed by atoms with van der Waals surface area (Å²) in [5, 5.41) is 0. The third kappa shape index (κ3) is 2.24. The van der Waals surface area contributed by atoms with Gasteiger partial charge in [-0.25, -0.2) is 0 Å². The number of carbonyl (C=O) groups is 1. The van der Waals surface area contributed by atoms with Crippen molar-refractivity contribution in [3.63, 3.8) is 0 Å². The van der Waals surface area contributed by atoms with Gasteiger partial charge in [-0.15, -0.1) is 0 Å². The molecular formula is C12H15BrO. The normalized spacial score (nSPS) is 12.6. The zero-order chi connectivity index (χ0) is 10.9. The number of benzene rings is 1. The smallest absolute Gasteiger partial charge is 0.147 e. The second-order valence-electron chi connectivity index (χ2n) is 3.77. The lowest BCUT2D eigenvalue weighted by Gasteiger charge is -2.12. The van der Waals surface area contributed by atoms with Crippen LogP contribution in [0.25, 0.3) is 0 Å². The van der Waals surface area contributed by atoms with Crippen molar-refractivity contribution in [3.05, 3.63) is 34.4 Å². The molecule has 0 fully saturated rings. The number of carbonyl (C=O) groups excluding carboxylic acids is 1. The predicted octanol–water partition coefficient (Wildman–Crippen LogP) is 3.64. The van der Waals surface area contributed by atoms with Gasteiger partial charge in [0.1, 0.15) is 5.78 Å². The van der Waals surface area contributed by atoms with Gasteiger partial charge in [0.25, 0.3) is 0 Å². The first-order valence-corrected chi connectivity index (χ1v) is 5.57. The van der Waals surface area contributed by atoms with Gasteiger partial charge in [0, 0.05) is 0 Å². The molecule has 76 valence electrons. The van der Waals surface area contributed by atoms with E-state index in [2.05, 4.69) is 41.9 Å². The minimum atomic E-state index is -0.165. The first-order valence-electron chi connectivity index (χ1n) is 4.65. The van der Waals surface area contributed by atoms with E-state index in [1.807, 2.05) is 6.92 Å². The Balaban J connectivity index is 3.22. The van der Waals surface area contributed by atoms with Crippen LogP contribution < -0.4 is 0 Å². The van der Waals surface area contributed by atoms with E-state index in [4.69, 9.17) is 0 Å². The lowest BCUT2D eigenvalue weighted by molar-refractivity contribution is -0.116. The third-order valence-electron chi connectivity index (χ3n) is 2.51. The molecular weight excluding hydrogens is 240 g/mol. The van der Waals surface area contributed by atoms with Crippen molar-refractivity contribution < 1.29 is 4.79 Å². The van der Waals surface area contributed by atoms with Crippen molar-refractivity contribution in [2.24, 2.45) is 0 Å². The zero-order valence-electron chi connectivity index (χ0n) is 9.02. The van der Waals surface area contributed by atoms with Gasteiger partial charge in [0.05, 0.1) is 4.83 Å². The molecule has 14 heavy (non-hydrogen) atoms. The van der Waals surface area contributed by atoms with Crippen LogP contribution in [0.5, 0.6) is 0 Å². The van der Waals surface area contributed by atoms with Gasteiger partial charge in [-0.05, 0) is 49.9 Å². The van der Waals surface area contributed by atoms with E-state index in [0.29, 0.717) is 0 Å². The Kier molecular flexibility index (Phi) is 3.48. The number of hydrogen-bond acceptors (Lipinski definition) is 1. The summed E-state index contributed by atoms with van der Waals surface area (Å²) in [6.07, 6.45) is 0. The fourth-order valence-corrected chi connectivity index (χ4v) is 1.97. The molecule has 0 aromatic heterocycles. The Hall–Kier alpha value is -0.630. The van der Waals surface area contributed by atoms with Gasteiger partial charge in [-0.2, -0.15) is 0 Å². The summed E-state index contributed by atoms with van der Waals surface area (Å²) in [7, 11) is 0. The van der Waals surface area contributed by atoms with Gasteiger partial charge in [0.15, 0.2) is 0 Å². The molecule has 0 amide bonds. The van der Waals surface area contributed by atoms with E-state index >= 15 is 0 Å². The van der Waals surface area contributed by atoms with E-state index < -0.39 is 0 Å². The van der Waals surface area contributed by atoms with Crippen LogP contribution in [0.1, 0.15) is 34.0 Å². The van der Waals surface area contributed by atoms with Crippen molar-refractivity contribution >= 4 is 21.7 Å². The van der Waals surface area contributed by atoms with Crippen molar-refractivity contribution in [1.29, 1.82) is 0 Å². The Morgan fingerprint density at radius 1 is 1.14 bits per heavy atom. The fraction of sp³-hybridized carbons (Fsp3) is 0.417. The number of hydrogen-bond donors (Lipinski definition) is 0. The topological polar surface area (TPSA) is 17.1 Å². The Morgan fingerprint density at radius 2 is 1.64 bits per heavy atom. The maximum atomic E-state index is 11.2. The summed E-state index contributed by atoms with van der Waals surface area (Å²) in [4.78, 5) is 11.1. The zero-order valence-corrected chi connectivity index (χ0v) is 10.6. The molecule has 2 heteroatoms. The molecule has 0 radical (unpaired) electrons. The third-order valence-corrected chi connectivity index (χ3v) is 3.65. The van der Waals surface area contributed by atoms with Gasteiger partial charge < -0.3 is 0 Å². The van der Waals surface area contributed by atoms with Crippen molar-refractivity contribution in [2.75, 3.05) is 0 Å². The molecule has 0 saturated carbocycles. The molecule has 0 heterocycles. The number of aryl methyl sites for hydroxylation is 3. The van der Waals surface area contributed by atoms with Crippen LogP contribution in [-0.4, -0.2) is 5.78 Å². The molecule has 1 aromatic rings. The lowest BCUT2D eigenvalue weighted by atomic mass is 9.98. The standard InChI is InChI=1S/C12H15BrO/c1-7-5-9(3)11(6-8(7)2)12(13)10(4)14/h5-6,12H,1-4H3. The predicted molar refractivity (Wildman–Crippen MR) is 63.0 cm³/mol. The summed E-state index contributed by atoms with van der Waals surface area (Å²) in [6, 6.07) is 4.22. The SMILES string of the molecule is CC(=O)C(Br)c1cc(C)c(C)cc1C. The molecule has 1 unspecified atom stereocenters. The molecule has 1 aromatic carbocycles. The minimum Gasteiger partial charge on any atom is -0.298 e. The first kappa shape index (κ1) is 11.4. The molecule has 0 spiro atoms. The average Bonchev–Trinajstić information content (AvgIpc) is 2.10. The summed E-state index contributed by atoms with van der Waals surface area (Å²) in [5.41, 5.74) is 4.76. The Bertz CT molecular complexity index is 369. The van der Waals surface area contributed by atoms with Gasteiger partial charge in [-0.3, -0.25) is 4.79 Å². The molecule has 1 atom stereocenters. The maximum absolute atomic E-state index is 11.2.